The van der Waals surface area contributed by atoms with E-state index in [1.54, 1.807) is 24.3 Å². The van der Waals surface area contributed by atoms with Gasteiger partial charge in [0.2, 0.25) is 5.95 Å². The second-order valence-electron chi connectivity index (χ2n) is 7.41. The van der Waals surface area contributed by atoms with Crippen LogP contribution in [-0.4, -0.2) is 63.9 Å². The van der Waals surface area contributed by atoms with Crippen molar-refractivity contribution < 1.29 is 15.0 Å². The summed E-state index contributed by atoms with van der Waals surface area (Å²) < 4.78 is 0. The Kier molecular flexibility index (Phi) is 6.10. The smallest absolute Gasteiger partial charge is 0.251 e. The molecule has 0 atom stereocenters. The first-order valence-corrected chi connectivity index (χ1v) is 10.1. The zero-order valence-corrected chi connectivity index (χ0v) is 16.6. The van der Waals surface area contributed by atoms with Crippen molar-refractivity contribution in [3.8, 4) is 0 Å². The van der Waals surface area contributed by atoms with Gasteiger partial charge < -0.3 is 30.7 Å². The standard InChI is InChI=1S/C21H26N6O3/c28-12-9-23-20(30)15-1-3-16(4-2-15)24-21-25-18-17(5-8-22-18)19(26-21)27-10-6-14(13-29)7-11-27/h1-5,8,14,28-29H,6-7,9-13H2,(H,23,30)(H2,22,24,25,26). The molecule has 0 aliphatic carbocycles. The van der Waals surface area contributed by atoms with Crippen LogP contribution in [0.1, 0.15) is 23.2 Å². The SMILES string of the molecule is O=C(NCCO)c1ccc(Nc2nc(N3CCC(CO)CC3)c3cc[nH]c3n2)cc1. The highest BCUT2D eigenvalue weighted by Gasteiger charge is 2.22. The number of carbonyl (C=O) groups excluding carboxylic acids is 1. The highest BCUT2D eigenvalue weighted by molar-refractivity contribution is 5.94. The number of amides is 1. The van der Waals surface area contributed by atoms with Crippen LogP contribution < -0.4 is 15.5 Å². The van der Waals surface area contributed by atoms with E-state index < -0.39 is 0 Å². The van der Waals surface area contributed by atoms with Gasteiger partial charge in [0.15, 0.2) is 0 Å². The van der Waals surface area contributed by atoms with E-state index >= 15 is 0 Å². The molecular formula is C21H26N6O3. The van der Waals surface area contributed by atoms with Gasteiger partial charge in [0.25, 0.3) is 5.91 Å². The Bertz CT molecular complexity index is 996. The predicted molar refractivity (Wildman–Crippen MR) is 115 cm³/mol. The van der Waals surface area contributed by atoms with Crippen molar-refractivity contribution in [3.63, 3.8) is 0 Å². The van der Waals surface area contributed by atoms with Crippen LogP contribution in [0.25, 0.3) is 11.0 Å². The molecular weight excluding hydrogens is 384 g/mol. The third kappa shape index (κ3) is 4.37. The van der Waals surface area contributed by atoms with Gasteiger partial charge in [-0.15, -0.1) is 0 Å². The lowest BCUT2D eigenvalue weighted by Crippen LogP contribution is -2.35. The molecule has 9 heteroatoms. The maximum Gasteiger partial charge on any atom is 0.251 e. The molecule has 2 aromatic heterocycles. The first-order chi connectivity index (χ1) is 14.7. The van der Waals surface area contributed by atoms with E-state index in [1.165, 1.54) is 0 Å². The number of hydrogen-bond donors (Lipinski definition) is 5. The van der Waals surface area contributed by atoms with Crippen molar-refractivity contribution >= 4 is 34.4 Å². The van der Waals surface area contributed by atoms with Crippen molar-refractivity contribution in [2.45, 2.75) is 12.8 Å². The minimum Gasteiger partial charge on any atom is -0.396 e. The highest BCUT2D eigenvalue weighted by atomic mass is 16.3. The number of fused-ring (bicyclic) bond motifs is 1. The minimum absolute atomic E-state index is 0.0933. The number of hydrogen-bond acceptors (Lipinski definition) is 7. The number of aromatic nitrogens is 3. The topological polar surface area (TPSA) is 126 Å². The molecule has 9 nitrogen and oxygen atoms in total. The molecule has 3 heterocycles. The molecule has 1 fully saturated rings. The molecule has 4 rings (SSSR count). The van der Waals surface area contributed by atoms with Gasteiger partial charge in [-0.25, -0.2) is 0 Å². The first-order valence-electron chi connectivity index (χ1n) is 10.1. The van der Waals surface area contributed by atoms with Crippen molar-refractivity contribution in [1.82, 2.24) is 20.3 Å². The molecule has 1 aliphatic rings. The number of benzene rings is 1. The summed E-state index contributed by atoms with van der Waals surface area (Å²) in [4.78, 5) is 26.7. The lowest BCUT2D eigenvalue weighted by Gasteiger charge is -2.32. The Balaban J connectivity index is 1.53. The summed E-state index contributed by atoms with van der Waals surface area (Å²) in [6.07, 6.45) is 3.73. The molecule has 1 aliphatic heterocycles. The molecule has 30 heavy (non-hydrogen) atoms. The second kappa shape index (κ2) is 9.10. The molecule has 158 valence electrons. The third-order valence-corrected chi connectivity index (χ3v) is 5.37. The second-order valence-corrected chi connectivity index (χ2v) is 7.41. The summed E-state index contributed by atoms with van der Waals surface area (Å²) in [5.41, 5.74) is 2.04. The normalized spacial score (nSPS) is 14.8. The van der Waals surface area contributed by atoms with E-state index in [1.807, 2.05) is 12.3 Å². The molecule has 0 bridgehead atoms. The maximum atomic E-state index is 12.0. The van der Waals surface area contributed by atoms with E-state index in [2.05, 4.69) is 25.5 Å². The van der Waals surface area contributed by atoms with Crippen LogP contribution in [0, 0.1) is 5.92 Å². The minimum atomic E-state index is -0.228. The lowest BCUT2D eigenvalue weighted by atomic mass is 9.98. The van der Waals surface area contributed by atoms with Gasteiger partial charge in [-0.1, -0.05) is 0 Å². The van der Waals surface area contributed by atoms with Crippen LogP contribution >= 0.6 is 0 Å². The Hall–Kier alpha value is -3.17. The molecule has 0 radical (unpaired) electrons. The average Bonchev–Trinajstić information content (AvgIpc) is 3.26. The number of piperidine rings is 1. The van der Waals surface area contributed by atoms with Crippen molar-refractivity contribution in [3.05, 3.63) is 42.1 Å². The summed E-state index contributed by atoms with van der Waals surface area (Å²) in [7, 11) is 0. The molecule has 0 unspecified atom stereocenters. The van der Waals surface area contributed by atoms with Gasteiger partial charge in [0.1, 0.15) is 11.5 Å². The quantitative estimate of drug-likeness (QED) is 0.401. The van der Waals surface area contributed by atoms with Crippen molar-refractivity contribution in [1.29, 1.82) is 0 Å². The monoisotopic (exact) mass is 410 g/mol. The summed E-state index contributed by atoms with van der Waals surface area (Å²) in [6, 6.07) is 8.99. The molecule has 3 aromatic rings. The Morgan fingerprint density at radius 3 is 2.60 bits per heavy atom. The number of aromatic amines is 1. The van der Waals surface area contributed by atoms with E-state index in [0.717, 1.165) is 48.5 Å². The van der Waals surface area contributed by atoms with Crippen LogP contribution in [0.4, 0.5) is 17.5 Å². The van der Waals surface area contributed by atoms with Crippen LogP contribution in [-0.2, 0) is 0 Å². The van der Waals surface area contributed by atoms with Gasteiger partial charge in [0.05, 0.1) is 12.0 Å². The number of nitrogens with one attached hydrogen (secondary N) is 3. The zero-order valence-electron chi connectivity index (χ0n) is 16.6. The van der Waals surface area contributed by atoms with Gasteiger partial charge >= 0.3 is 0 Å². The molecule has 0 saturated carbocycles. The molecule has 1 aromatic carbocycles. The van der Waals surface area contributed by atoms with E-state index in [9.17, 15) is 9.90 Å². The van der Waals surface area contributed by atoms with Gasteiger partial charge in [-0.2, -0.15) is 9.97 Å². The third-order valence-electron chi connectivity index (χ3n) is 5.37. The van der Waals surface area contributed by atoms with E-state index in [0.29, 0.717) is 17.4 Å². The Morgan fingerprint density at radius 2 is 1.90 bits per heavy atom. The lowest BCUT2D eigenvalue weighted by molar-refractivity contribution is 0.0945. The van der Waals surface area contributed by atoms with Crippen molar-refractivity contribution in [2.75, 3.05) is 43.1 Å². The number of nitrogens with zero attached hydrogens (tertiary/aromatic N) is 3. The first kappa shape index (κ1) is 20.1. The maximum absolute atomic E-state index is 12.0. The van der Waals surface area contributed by atoms with Gasteiger partial charge in [-0.3, -0.25) is 4.79 Å². The van der Waals surface area contributed by atoms with Crippen LogP contribution in [0.5, 0.6) is 0 Å². The van der Waals surface area contributed by atoms with Gasteiger partial charge in [-0.05, 0) is 49.1 Å². The highest BCUT2D eigenvalue weighted by Crippen LogP contribution is 2.29. The summed E-state index contributed by atoms with van der Waals surface area (Å²) in [5.74, 6) is 1.48. The molecule has 5 N–H and O–H groups in total. The fourth-order valence-electron chi connectivity index (χ4n) is 3.65. The fourth-order valence-corrected chi connectivity index (χ4v) is 3.65. The van der Waals surface area contributed by atoms with Crippen LogP contribution in [0.15, 0.2) is 36.5 Å². The summed E-state index contributed by atoms with van der Waals surface area (Å²) in [6.45, 7) is 2.06. The number of aliphatic hydroxyl groups is 2. The summed E-state index contributed by atoms with van der Waals surface area (Å²) in [5, 5.41) is 25.0. The number of anilines is 3. The number of rotatable bonds is 7. The van der Waals surface area contributed by atoms with Crippen molar-refractivity contribution in [2.24, 2.45) is 5.92 Å². The largest absolute Gasteiger partial charge is 0.396 e. The number of carbonyl (C=O) groups is 1. The fraction of sp³-hybridized carbons (Fsp3) is 0.381. The Labute approximate surface area is 174 Å². The number of H-pyrrole nitrogens is 1. The van der Waals surface area contributed by atoms with Crippen LogP contribution in [0.2, 0.25) is 0 Å². The predicted octanol–water partition coefficient (Wildman–Crippen LogP) is 1.63. The van der Waals surface area contributed by atoms with E-state index in [4.69, 9.17) is 10.1 Å². The molecule has 1 saturated heterocycles. The molecule has 1 amide bonds. The average molecular weight is 410 g/mol. The Morgan fingerprint density at radius 1 is 1.13 bits per heavy atom. The summed E-state index contributed by atoms with van der Waals surface area (Å²) >= 11 is 0. The van der Waals surface area contributed by atoms with Crippen LogP contribution in [0.3, 0.4) is 0 Å². The zero-order chi connectivity index (χ0) is 20.9. The van der Waals surface area contributed by atoms with Gasteiger partial charge in [0, 0.05) is 43.7 Å². The number of aliphatic hydroxyl groups excluding tert-OH is 2. The molecule has 0 spiro atoms. The van der Waals surface area contributed by atoms with E-state index in [-0.39, 0.29) is 25.7 Å².